The molecular weight excluding hydrogens is 444 g/mol. The minimum atomic E-state index is -2.66. The van der Waals surface area contributed by atoms with Gasteiger partial charge in [0.1, 0.15) is 16.5 Å². The first kappa shape index (κ1) is 24.5. The van der Waals surface area contributed by atoms with Gasteiger partial charge in [-0.1, -0.05) is 13.0 Å². The van der Waals surface area contributed by atoms with E-state index in [1.54, 1.807) is 35.8 Å². The number of nitrogens with one attached hydrogen (secondary N) is 1. The summed E-state index contributed by atoms with van der Waals surface area (Å²) in [6.45, 7) is 9.65. The van der Waals surface area contributed by atoms with Gasteiger partial charge in [0.25, 0.3) is 5.91 Å². The largest absolute Gasteiger partial charge is 0.494 e. The first-order chi connectivity index (χ1) is 15.6. The molecule has 2 heterocycles. The van der Waals surface area contributed by atoms with E-state index in [4.69, 9.17) is 4.74 Å². The van der Waals surface area contributed by atoms with E-state index in [0.717, 1.165) is 0 Å². The van der Waals surface area contributed by atoms with Crippen molar-refractivity contribution in [2.24, 2.45) is 0 Å². The molecule has 10 heteroatoms. The number of fused-ring (bicyclic) bond motifs is 1. The van der Waals surface area contributed by atoms with Crippen molar-refractivity contribution in [1.82, 2.24) is 19.4 Å². The highest BCUT2D eigenvalue weighted by Crippen LogP contribution is 2.23. The van der Waals surface area contributed by atoms with Crippen molar-refractivity contribution < 1.29 is 17.9 Å². The molecule has 33 heavy (non-hydrogen) atoms. The first-order valence-corrected chi connectivity index (χ1v) is 12.3. The predicted molar refractivity (Wildman–Crippen MR) is 128 cm³/mol. The third-order valence-electron chi connectivity index (χ3n) is 5.56. The number of ether oxygens (including phenoxy) is 1. The maximum atomic E-state index is 13.4. The molecule has 1 N–H and O–H groups in total. The molecule has 1 unspecified atom stereocenters. The number of nitrogens with zero attached hydrogens (tertiary/aromatic N) is 3. The summed E-state index contributed by atoms with van der Waals surface area (Å²) in [5, 5.41) is 2.81. The van der Waals surface area contributed by atoms with E-state index in [2.05, 4.69) is 10.3 Å². The monoisotopic (exact) mass is 474 g/mol. The molecule has 0 saturated heterocycles. The van der Waals surface area contributed by atoms with Gasteiger partial charge in [-0.15, -0.1) is 0 Å². The van der Waals surface area contributed by atoms with Crippen molar-refractivity contribution in [3.63, 3.8) is 0 Å². The molecule has 178 valence electrons. The molecule has 0 radical (unpaired) electrons. The van der Waals surface area contributed by atoms with Crippen LogP contribution in [0.5, 0.6) is 5.75 Å². The molecule has 0 fully saturated rings. The van der Waals surface area contributed by atoms with Gasteiger partial charge in [-0.2, -0.15) is 0 Å². The standard InChI is InChI=1S/C23H30N4O5S/c1-6-23(5,14-33(30)31)25-21(28)16-11-19-20(24-13-16)27(22(29)26(19)15(3)4)17-9-8-10-18(12-17)32-7-2/h8-13,15,33H,6-7,14H2,1-5H3,(H,25,28). The van der Waals surface area contributed by atoms with Crippen LogP contribution in [-0.4, -0.2) is 46.3 Å². The highest BCUT2D eigenvalue weighted by molar-refractivity contribution is 7.72. The number of aromatic nitrogens is 3. The van der Waals surface area contributed by atoms with Crippen molar-refractivity contribution >= 4 is 27.8 Å². The molecule has 0 bridgehead atoms. The van der Waals surface area contributed by atoms with Crippen molar-refractivity contribution in [3.05, 3.63) is 52.6 Å². The SMILES string of the molecule is CCOc1cccc(-n2c(=O)n(C(C)C)c3cc(C(=O)NC(C)(CC)C[SH](=O)=O)cnc32)c1. The fourth-order valence-corrected chi connectivity index (χ4v) is 4.58. The average Bonchev–Trinajstić information content (AvgIpc) is 3.04. The molecule has 0 saturated carbocycles. The molecule has 2 aromatic heterocycles. The van der Waals surface area contributed by atoms with Crippen molar-refractivity contribution in [3.8, 4) is 11.4 Å². The summed E-state index contributed by atoms with van der Waals surface area (Å²) in [5.41, 5.74) is 0.610. The van der Waals surface area contributed by atoms with Gasteiger partial charge in [-0.3, -0.25) is 9.36 Å². The summed E-state index contributed by atoms with van der Waals surface area (Å²) in [7, 11) is -2.66. The van der Waals surface area contributed by atoms with Crippen LogP contribution in [0.2, 0.25) is 0 Å². The third kappa shape index (κ3) is 5.11. The number of carbonyl (C=O) groups is 1. The van der Waals surface area contributed by atoms with Crippen LogP contribution in [0.25, 0.3) is 16.9 Å². The van der Waals surface area contributed by atoms with Gasteiger partial charge in [0.05, 0.1) is 34.7 Å². The lowest BCUT2D eigenvalue weighted by Gasteiger charge is -2.27. The molecule has 1 atom stereocenters. The molecular formula is C23H30N4O5S. The van der Waals surface area contributed by atoms with Crippen LogP contribution in [0.1, 0.15) is 57.4 Å². The Hall–Kier alpha value is -3.14. The Kier molecular flexibility index (Phi) is 7.26. The lowest BCUT2D eigenvalue weighted by atomic mass is 10.0. The first-order valence-electron chi connectivity index (χ1n) is 10.9. The topological polar surface area (TPSA) is 112 Å². The second kappa shape index (κ2) is 9.78. The van der Waals surface area contributed by atoms with E-state index in [-0.39, 0.29) is 23.0 Å². The van der Waals surface area contributed by atoms with Crippen molar-refractivity contribution in [1.29, 1.82) is 0 Å². The Labute approximate surface area is 194 Å². The number of rotatable bonds is 9. The number of hydrogen-bond donors (Lipinski definition) is 2. The molecule has 0 aliphatic heterocycles. The number of thiol groups is 1. The Morgan fingerprint density at radius 2 is 1.97 bits per heavy atom. The summed E-state index contributed by atoms with van der Waals surface area (Å²) in [4.78, 5) is 30.8. The van der Waals surface area contributed by atoms with Gasteiger partial charge in [0, 0.05) is 18.3 Å². The average molecular weight is 475 g/mol. The van der Waals surface area contributed by atoms with Crippen LogP contribution in [0, 0.1) is 0 Å². The van der Waals surface area contributed by atoms with E-state index in [9.17, 15) is 18.0 Å². The quantitative estimate of drug-likeness (QED) is 0.461. The van der Waals surface area contributed by atoms with Crippen molar-refractivity contribution in [2.45, 2.75) is 52.6 Å². The van der Waals surface area contributed by atoms with Crippen LogP contribution >= 0.6 is 0 Å². The summed E-state index contributed by atoms with van der Waals surface area (Å²) < 4.78 is 31.2. The van der Waals surface area contributed by atoms with Gasteiger partial charge < -0.3 is 10.1 Å². The van der Waals surface area contributed by atoms with Crippen molar-refractivity contribution in [2.75, 3.05) is 12.4 Å². The van der Waals surface area contributed by atoms with Gasteiger partial charge in [-0.25, -0.2) is 22.8 Å². The van der Waals surface area contributed by atoms with Gasteiger partial charge in [0.2, 0.25) is 0 Å². The number of carbonyl (C=O) groups excluding carboxylic acids is 1. The fourth-order valence-electron chi connectivity index (χ4n) is 3.70. The third-order valence-corrected chi connectivity index (χ3v) is 6.51. The Bertz CT molecular complexity index is 1300. The number of amides is 1. The highest BCUT2D eigenvalue weighted by Gasteiger charge is 2.27. The second-order valence-corrected chi connectivity index (χ2v) is 9.42. The molecule has 3 rings (SSSR count). The molecule has 3 aromatic rings. The number of hydrogen-bond acceptors (Lipinski definition) is 6. The normalized spacial score (nSPS) is 13.4. The molecule has 1 aromatic carbocycles. The zero-order chi connectivity index (χ0) is 24.3. The van der Waals surface area contributed by atoms with E-state index >= 15 is 0 Å². The summed E-state index contributed by atoms with van der Waals surface area (Å²) in [5.74, 6) is 0.0297. The minimum Gasteiger partial charge on any atom is -0.494 e. The molecule has 0 spiro atoms. The zero-order valence-corrected chi connectivity index (χ0v) is 20.4. The van der Waals surface area contributed by atoms with E-state index < -0.39 is 22.2 Å². The van der Waals surface area contributed by atoms with E-state index in [1.165, 1.54) is 10.8 Å². The van der Waals surface area contributed by atoms with Gasteiger partial charge >= 0.3 is 5.69 Å². The predicted octanol–water partition coefficient (Wildman–Crippen LogP) is 2.68. The van der Waals surface area contributed by atoms with Crippen LogP contribution in [0.4, 0.5) is 0 Å². The molecule has 0 aliphatic rings. The lowest BCUT2D eigenvalue weighted by Crippen LogP contribution is -2.48. The zero-order valence-electron chi connectivity index (χ0n) is 19.5. The number of pyridine rings is 1. The van der Waals surface area contributed by atoms with Crippen LogP contribution in [-0.2, 0) is 10.7 Å². The smallest absolute Gasteiger partial charge is 0.335 e. The summed E-state index contributed by atoms with van der Waals surface area (Å²) >= 11 is 0. The maximum absolute atomic E-state index is 13.4. The number of imidazole rings is 1. The highest BCUT2D eigenvalue weighted by atomic mass is 32.2. The van der Waals surface area contributed by atoms with E-state index in [0.29, 0.717) is 35.6 Å². The number of benzene rings is 1. The molecule has 0 aliphatic carbocycles. The Balaban J connectivity index is 2.12. The van der Waals surface area contributed by atoms with Crippen LogP contribution in [0.3, 0.4) is 0 Å². The second-order valence-electron chi connectivity index (χ2n) is 8.44. The minimum absolute atomic E-state index is 0.163. The van der Waals surface area contributed by atoms with Crippen LogP contribution < -0.4 is 15.7 Å². The van der Waals surface area contributed by atoms with Gasteiger partial charge in [0.15, 0.2) is 5.65 Å². The van der Waals surface area contributed by atoms with E-state index in [1.807, 2.05) is 33.8 Å². The lowest BCUT2D eigenvalue weighted by molar-refractivity contribution is 0.0912. The Morgan fingerprint density at radius 1 is 1.24 bits per heavy atom. The summed E-state index contributed by atoms with van der Waals surface area (Å²) in [6, 6.07) is 8.63. The molecule has 1 amide bonds. The molecule has 9 nitrogen and oxygen atoms in total. The maximum Gasteiger partial charge on any atom is 0.335 e. The van der Waals surface area contributed by atoms with Gasteiger partial charge in [-0.05, 0) is 52.3 Å². The summed E-state index contributed by atoms with van der Waals surface area (Å²) in [6.07, 6.45) is 1.85. The fraction of sp³-hybridized carbons (Fsp3) is 0.435. The van der Waals surface area contributed by atoms with Crippen LogP contribution in [0.15, 0.2) is 41.3 Å². The Morgan fingerprint density at radius 3 is 2.58 bits per heavy atom.